The van der Waals surface area contributed by atoms with Crippen molar-refractivity contribution in [1.82, 2.24) is 5.32 Å². The summed E-state index contributed by atoms with van der Waals surface area (Å²) in [5.41, 5.74) is 10.4. The summed E-state index contributed by atoms with van der Waals surface area (Å²) in [5, 5.41) is 2.39. The van der Waals surface area contributed by atoms with E-state index in [1.165, 1.54) is 0 Å². The average Bonchev–Trinajstić information content (AvgIpc) is 2.10. The molecule has 0 spiro atoms. The zero-order chi connectivity index (χ0) is 10.3. The second kappa shape index (κ2) is 6.73. The molecule has 76 valence electrons. The highest BCUT2D eigenvalue weighted by Crippen LogP contribution is 2.03. The van der Waals surface area contributed by atoms with Crippen LogP contribution in [0.4, 0.5) is 4.79 Å². The van der Waals surface area contributed by atoms with E-state index in [9.17, 15) is 9.59 Å². The lowest BCUT2D eigenvalue weighted by molar-refractivity contribution is -0.112. The molecule has 0 saturated carbocycles. The third-order valence-electron chi connectivity index (χ3n) is 1.50. The van der Waals surface area contributed by atoms with Crippen molar-refractivity contribution in [1.29, 1.82) is 0 Å². The molecule has 0 bridgehead atoms. The SMILES string of the molecule is CSC(=O)[C@@H](N)CCCNC(N)=O. The number of nitrogens with two attached hydrogens (primary N) is 2. The first-order chi connectivity index (χ1) is 6.07. The van der Waals surface area contributed by atoms with Crippen LogP contribution < -0.4 is 16.8 Å². The normalized spacial score (nSPS) is 12.2. The van der Waals surface area contributed by atoms with Gasteiger partial charge in [-0.2, -0.15) is 0 Å². The van der Waals surface area contributed by atoms with Crippen molar-refractivity contribution in [3.63, 3.8) is 0 Å². The maximum atomic E-state index is 11.0. The van der Waals surface area contributed by atoms with Gasteiger partial charge in [0.05, 0.1) is 6.04 Å². The number of hydrogen-bond donors (Lipinski definition) is 3. The van der Waals surface area contributed by atoms with Crippen LogP contribution in [-0.2, 0) is 4.79 Å². The smallest absolute Gasteiger partial charge is 0.312 e. The van der Waals surface area contributed by atoms with Crippen LogP contribution in [0, 0.1) is 0 Å². The van der Waals surface area contributed by atoms with E-state index >= 15 is 0 Å². The molecule has 0 aliphatic rings. The van der Waals surface area contributed by atoms with E-state index in [0.29, 0.717) is 19.4 Å². The molecule has 6 heteroatoms. The molecule has 0 saturated heterocycles. The first-order valence-electron chi connectivity index (χ1n) is 3.94. The van der Waals surface area contributed by atoms with Crippen LogP contribution in [0.15, 0.2) is 0 Å². The number of thioether (sulfide) groups is 1. The first-order valence-corrected chi connectivity index (χ1v) is 5.17. The van der Waals surface area contributed by atoms with Crippen molar-refractivity contribution in [2.45, 2.75) is 18.9 Å². The van der Waals surface area contributed by atoms with Gasteiger partial charge in [0.15, 0.2) is 0 Å². The number of primary amides is 1. The third-order valence-corrected chi connectivity index (χ3v) is 2.20. The average molecular weight is 205 g/mol. The summed E-state index contributed by atoms with van der Waals surface area (Å²) in [4.78, 5) is 21.2. The van der Waals surface area contributed by atoms with Crippen LogP contribution >= 0.6 is 11.8 Å². The monoisotopic (exact) mass is 205 g/mol. The van der Waals surface area contributed by atoms with Crippen molar-refractivity contribution in [3.05, 3.63) is 0 Å². The molecular formula is C7H15N3O2S. The van der Waals surface area contributed by atoms with Crippen LogP contribution in [0.1, 0.15) is 12.8 Å². The Morgan fingerprint density at radius 2 is 2.15 bits per heavy atom. The molecule has 0 unspecified atom stereocenters. The summed E-state index contributed by atoms with van der Waals surface area (Å²) in [7, 11) is 0. The van der Waals surface area contributed by atoms with Crippen molar-refractivity contribution < 1.29 is 9.59 Å². The summed E-state index contributed by atoms with van der Waals surface area (Å²) in [6.07, 6.45) is 2.93. The zero-order valence-corrected chi connectivity index (χ0v) is 8.39. The number of carbonyl (C=O) groups is 2. The van der Waals surface area contributed by atoms with Crippen molar-refractivity contribution in [3.8, 4) is 0 Å². The Morgan fingerprint density at radius 1 is 1.54 bits per heavy atom. The fourth-order valence-electron chi connectivity index (χ4n) is 0.803. The van der Waals surface area contributed by atoms with E-state index in [1.807, 2.05) is 0 Å². The predicted octanol–water partition coefficient (Wildman–Crippen LogP) is -0.348. The van der Waals surface area contributed by atoms with Gasteiger partial charge in [0.1, 0.15) is 0 Å². The Hall–Kier alpha value is -0.750. The molecule has 0 rings (SSSR count). The van der Waals surface area contributed by atoms with E-state index in [-0.39, 0.29) is 5.12 Å². The maximum absolute atomic E-state index is 11.0. The Labute approximate surface area is 81.6 Å². The lowest BCUT2D eigenvalue weighted by Crippen LogP contribution is -2.32. The topological polar surface area (TPSA) is 98.2 Å². The van der Waals surface area contributed by atoms with E-state index in [4.69, 9.17) is 11.5 Å². The Balaban J connectivity index is 3.42. The van der Waals surface area contributed by atoms with Gasteiger partial charge in [-0.1, -0.05) is 11.8 Å². The third kappa shape index (κ3) is 6.41. The number of nitrogens with one attached hydrogen (secondary N) is 1. The maximum Gasteiger partial charge on any atom is 0.312 e. The summed E-state index contributed by atoms with van der Waals surface area (Å²) in [5.74, 6) is 0. The minimum absolute atomic E-state index is 0.0286. The Bertz CT molecular complexity index is 187. The van der Waals surface area contributed by atoms with Crippen LogP contribution in [0.5, 0.6) is 0 Å². The quantitative estimate of drug-likeness (QED) is 0.534. The largest absolute Gasteiger partial charge is 0.352 e. The van der Waals surface area contributed by atoms with Gasteiger partial charge in [-0.05, 0) is 19.1 Å². The summed E-state index contributed by atoms with van der Waals surface area (Å²) in [6.45, 7) is 0.463. The van der Waals surface area contributed by atoms with Crippen LogP contribution in [0.2, 0.25) is 0 Å². The van der Waals surface area contributed by atoms with Gasteiger partial charge in [-0.15, -0.1) is 0 Å². The van der Waals surface area contributed by atoms with E-state index in [2.05, 4.69) is 5.32 Å². The van der Waals surface area contributed by atoms with Gasteiger partial charge in [0, 0.05) is 6.54 Å². The van der Waals surface area contributed by atoms with Gasteiger partial charge in [-0.25, -0.2) is 4.79 Å². The Morgan fingerprint density at radius 3 is 2.62 bits per heavy atom. The van der Waals surface area contributed by atoms with Gasteiger partial charge in [0.25, 0.3) is 0 Å². The van der Waals surface area contributed by atoms with Crippen molar-refractivity contribution in [2.24, 2.45) is 11.5 Å². The molecule has 0 aromatic rings. The van der Waals surface area contributed by atoms with E-state index in [0.717, 1.165) is 11.8 Å². The first kappa shape index (κ1) is 12.2. The second-order valence-corrected chi connectivity index (χ2v) is 3.37. The molecular weight excluding hydrogens is 190 g/mol. The molecule has 5 nitrogen and oxygen atoms in total. The number of hydrogen-bond acceptors (Lipinski definition) is 4. The molecule has 0 fully saturated rings. The van der Waals surface area contributed by atoms with Crippen LogP contribution in [0.3, 0.4) is 0 Å². The van der Waals surface area contributed by atoms with E-state index in [1.54, 1.807) is 6.26 Å². The van der Waals surface area contributed by atoms with E-state index < -0.39 is 12.1 Å². The van der Waals surface area contributed by atoms with Crippen LogP contribution in [-0.4, -0.2) is 30.0 Å². The standard InChI is InChI=1S/C7H15N3O2S/c1-13-6(11)5(8)3-2-4-10-7(9)12/h5H,2-4,8H2,1H3,(H3,9,10,12)/t5-/m0/s1. The van der Waals surface area contributed by atoms with Gasteiger partial charge < -0.3 is 16.8 Å². The summed E-state index contributed by atoms with van der Waals surface area (Å²) < 4.78 is 0. The highest BCUT2D eigenvalue weighted by Gasteiger charge is 2.10. The Kier molecular flexibility index (Phi) is 6.34. The molecule has 0 radical (unpaired) electrons. The fourth-order valence-corrected chi connectivity index (χ4v) is 1.22. The lowest BCUT2D eigenvalue weighted by Gasteiger charge is -2.07. The lowest BCUT2D eigenvalue weighted by atomic mass is 10.2. The number of amides is 2. The minimum atomic E-state index is -0.551. The van der Waals surface area contributed by atoms with Crippen molar-refractivity contribution >= 4 is 22.9 Å². The summed E-state index contributed by atoms with van der Waals surface area (Å²) >= 11 is 1.12. The molecule has 0 aliphatic carbocycles. The number of rotatable bonds is 5. The molecule has 0 aliphatic heterocycles. The van der Waals surface area contributed by atoms with Crippen LogP contribution in [0.25, 0.3) is 0 Å². The molecule has 13 heavy (non-hydrogen) atoms. The molecule has 0 aromatic carbocycles. The van der Waals surface area contributed by atoms with Crippen molar-refractivity contribution in [2.75, 3.05) is 12.8 Å². The van der Waals surface area contributed by atoms with Gasteiger partial charge in [0.2, 0.25) is 5.12 Å². The molecule has 2 amide bonds. The highest BCUT2D eigenvalue weighted by atomic mass is 32.2. The van der Waals surface area contributed by atoms with Gasteiger partial charge >= 0.3 is 6.03 Å². The molecule has 0 heterocycles. The number of urea groups is 1. The minimum Gasteiger partial charge on any atom is -0.352 e. The molecule has 1 atom stereocenters. The summed E-state index contributed by atoms with van der Waals surface area (Å²) in [6, 6.07) is -0.991. The second-order valence-electron chi connectivity index (χ2n) is 2.56. The highest BCUT2D eigenvalue weighted by molar-refractivity contribution is 8.13. The number of carbonyl (C=O) groups excluding carboxylic acids is 2. The fraction of sp³-hybridized carbons (Fsp3) is 0.714. The predicted molar refractivity (Wildman–Crippen MR) is 53.3 cm³/mol. The van der Waals surface area contributed by atoms with Gasteiger partial charge in [-0.3, -0.25) is 4.79 Å². The molecule has 5 N–H and O–H groups in total. The molecule has 0 aromatic heterocycles. The zero-order valence-electron chi connectivity index (χ0n) is 7.58.